The molecule has 2 aliphatic rings. The average Bonchev–Trinajstić information content (AvgIpc) is 2.96. The molecule has 0 spiro atoms. The summed E-state index contributed by atoms with van der Waals surface area (Å²) < 4.78 is 5.73. The summed E-state index contributed by atoms with van der Waals surface area (Å²) in [5, 5.41) is 3.53. The van der Waals surface area contributed by atoms with E-state index < -0.39 is 0 Å². The zero-order valence-corrected chi connectivity index (χ0v) is 9.61. The van der Waals surface area contributed by atoms with Crippen LogP contribution in [0.25, 0.3) is 0 Å². The van der Waals surface area contributed by atoms with Crippen LogP contribution >= 0.6 is 0 Å². The number of hydrogen-bond donors (Lipinski definition) is 1. The highest BCUT2D eigenvalue weighted by Crippen LogP contribution is 2.27. The van der Waals surface area contributed by atoms with Gasteiger partial charge in [-0.25, -0.2) is 0 Å². The predicted molar refractivity (Wildman–Crippen MR) is 64.8 cm³/mol. The van der Waals surface area contributed by atoms with E-state index in [1.807, 2.05) is 0 Å². The van der Waals surface area contributed by atoms with Gasteiger partial charge in [0, 0.05) is 6.04 Å². The van der Waals surface area contributed by atoms with Gasteiger partial charge in [-0.3, -0.25) is 0 Å². The van der Waals surface area contributed by atoms with Crippen LogP contribution in [-0.4, -0.2) is 18.7 Å². The largest absolute Gasteiger partial charge is 0.490 e. The van der Waals surface area contributed by atoms with Crippen molar-refractivity contribution in [3.63, 3.8) is 0 Å². The molecule has 1 N–H and O–H groups in total. The van der Waals surface area contributed by atoms with Gasteiger partial charge in [-0.05, 0) is 56.3 Å². The van der Waals surface area contributed by atoms with E-state index in [1.165, 1.54) is 37.8 Å². The van der Waals surface area contributed by atoms with Crippen molar-refractivity contribution in [2.45, 2.75) is 44.2 Å². The van der Waals surface area contributed by atoms with Gasteiger partial charge in [-0.1, -0.05) is 12.1 Å². The third-order valence-corrected chi connectivity index (χ3v) is 3.39. The molecule has 3 rings (SSSR count). The van der Waals surface area contributed by atoms with Crippen molar-refractivity contribution in [1.82, 2.24) is 5.32 Å². The van der Waals surface area contributed by atoms with E-state index in [9.17, 15) is 0 Å². The maximum Gasteiger partial charge on any atom is 0.119 e. The third-order valence-electron chi connectivity index (χ3n) is 3.39. The number of hydrogen-bond acceptors (Lipinski definition) is 2. The molecule has 1 aliphatic carbocycles. The molecule has 2 nitrogen and oxygen atoms in total. The Labute approximate surface area is 97.0 Å². The fraction of sp³-hybridized carbons (Fsp3) is 0.571. The molecule has 1 unspecified atom stereocenters. The SMILES string of the molecule is c1cc(OC2CC2)ccc1CC1CCCN1. The van der Waals surface area contributed by atoms with Gasteiger partial charge in [-0.15, -0.1) is 0 Å². The second-order valence-corrected chi connectivity index (χ2v) is 4.96. The van der Waals surface area contributed by atoms with Crippen molar-refractivity contribution >= 4 is 0 Å². The van der Waals surface area contributed by atoms with Crippen LogP contribution in [0, 0.1) is 0 Å². The summed E-state index contributed by atoms with van der Waals surface area (Å²) in [6.07, 6.45) is 6.77. The summed E-state index contributed by atoms with van der Waals surface area (Å²) in [7, 11) is 0. The monoisotopic (exact) mass is 217 g/mol. The minimum absolute atomic E-state index is 0.502. The first-order valence-corrected chi connectivity index (χ1v) is 6.39. The maximum atomic E-state index is 5.73. The molecule has 16 heavy (non-hydrogen) atoms. The molecule has 2 heteroatoms. The quantitative estimate of drug-likeness (QED) is 0.836. The highest BCUT2D eigenvalue weighted by atomic mass is 16.5. The highest BCUT2D eigenvalue weighted by molar-refractivity contribution is 5.28. The van der Waals surface area contributed by atoms with E-state index >= 15 is 0 Å². The number of nitrogens with one attached hydrogen (secondary N) is 1. The molecule has 0 radical (unpaired) electrons. The standard InChI is InChI=1S/C14H19NO/c1-2-12(15-9-1)10-11-3-5-13(6-4-11)16-14-7-8-14/h3-6,12,14-15H,1-2,7-10H2. The first kappa shape index (κ1) is 10.2. The van der Waals surface area contributed by atoms with Gasteiger partial charge >= 0.3 is 0 Å². The van der Waals surface area contributed by atoms with Gasteiger partial charge in [0.2, 0.25) is 0 Å². The molecular weight excluding hydrogens is 198 g/mol. The van der Waals surface area contributed by atoms with Crippen molar-refractivity contribution < 1.29 is 4.74 Å². The van der Waals surface area contributed by atoms with Crippen molar-refractivity contribution in [3.05, 3.63) is 29.8 Å². The van der Waals surface area contributed by atoms with Crippen LogP contribution in [-0.2, 0) is 6.42 Å². The Morgan fingerprint density at radius 1 is 1.12 bits per heavy atom. The first-order chi connectivity index (χ1) is 7.90. The molecule has 1 aromatic rings. The highest BCUT2D eigenvalue weighted by Gasteiger charge is 2.23. The van der Waals surface area contributed by atoms with Gasteiger partial charge in [0.1, 0.15) is 5.75 Å². The van der Waals surface area contributed by atoms with Crippen molar-refractivity contribution in [2.75, 3.05) is 6.54 Å². The summed E-state index contributed by atoms with van der Waals surface area (Å²) in [5.74, 6) is 1.03. The van der Waals surface area contributed by atoms with Crippen molar-refractivity contribution in [2.24, 2.45) is 0 Å². The smallest absolute Gasteiger partial charge is 0.119 e. The molecule has 2 fully saturated rings. The van der Waals surface area contributed by atoms with E-state index in [1.54, 1.807) is 0 Å². The second-order valence-electron chi connectivity index (χ2n) is 4.96. The molecule has 1 aliphatic heterocycles. The van der Waals surface area contributed by atoms with E-state index in [-0.39, 0.29) is 0 Å². The predicted octanol–water partition coefficient (Wildman–Crippen LogP) is 2.52. The van der Waals surface area contributed by atoms with Gasteiger partial charge in [0.05, 0.1) is 6.10 Å². The number of ether oxygens (including phenoxy) is 1. The van der Waals surface area contributed by atoms with Crippen LogP contribution in [0.2, 0.25) is 0 Å². The Balaban J connectivity index is 1.57. The lowest BCUT2D eigenvalue weighted by Crippen LogP contribution is -2.23. The van der Waals surface area contributed by atoms with Gasteiger partial charge < -0.3 is 10.1 Å². The third kappa shape index (κ3) is 2.56. The van der Waals surface area contributed by atoms with E-state index in [2.05, 4.69) is 29.6 Å². The maximum absolute atomic E-state index is 5.73. The topological polar surface area (TPSA) is 21.3 Å². The van der Waals surface area contributed by atoms with Crippen LogP contribution in [0.5, 0.6) is 5.75 Å². The van der Waals surface area contributed by atoms with Gasteiger partial charge in [0.15, 0.2) is 0 Å². The Hall–Kier alpha value is -1.02. The zero-order valence-electron chi connectivity index (χ0n) is 9.61. The van der Waals surface area contributed by atoms with Crippen molar-refractivity contribution in [1.29, 1.82) is 0 Å². The van der Waals surface area contributed by atoms with E-state index in [4.69, 9.17) is 4.74 Å². The molecule has 86 valence electrons. The van der Waals surface area contributed by atoms with Crippen LogP contribution in [0.4, 0.5) is 0 Å². The lowest BCUT2D eigenvalue weighted by atomic mass is 10.0. The summed E-state index contributed by atoms with van der Waals surface area (Å²) in [5.41, 5.74) is 1.42. The summed E-state index contributed by atoms with van der Waals surface area (Å²) >= 11 is 0. The molecule has 0 amide bonds. The lowest BCUT2D eigenvalue weighted by Gasteiger charge is -2.10. The van der Waals surface area contributed by atoms with Crippen LogP contribution in [0.1, 0.15) is 31.2 Å². The minimum atomic E-state index is 0.502. The first-order valence-electron chi connectivity index (χ1n) is 6.39. The molecule has 1 saturated carbocycles. The zero-order chi connectivity index (χ0) is 10.8. The molecule has 1 aromatic carbocycles. The van der Waals surface area contributed by atoms with E-state index in [0.717, 1.165) is 12.2 Å². The average molecular weight is 217 g/mol. The van der Waals surface area contributed by atoms with Crippen LogP contribution in [0.3, 0.4) is 0 Å². The number of benzene rings is 1. The Morgan fingerprint density at radius 2 is 1.94 bits per heavy atom. The van der Waals surface area contributed by atoms with Crippen LogP contribution < -0.4 is 10.1 Å². The normalized spacial score (nSPS) is 24.6. The molecule has 1 atom stereocenters. The lowest BCUT2D eigenvalue weighted by molar-refractivity contribution is 0.303. The molecule has 0 bridgehead atoms. The van der Waals surface area contributed by atoms with Crippen molar-refractivity contribution in [3.8, 4) is 5.75 Å². The van der Waals surface area contributed by atoms with Gasteiger partial charge in [0.25, 0.3) is 0 Å². The minimum Gasteiger partial charge on any atom is -0.490 e. The Kier molecular flexibility index (Phi) is 2.83. The Bertz CT molecular complexity index is 336. The molecule has 0 aromatic heterocycles. The number of rotatable bonds is 4. The Morgan fingerprint density at radius 3 is 2.56 bits per heavy atom. The molecule has 1 heterocycles. The van der Waals surface area contributed by atoms with Crippen LogP contribution in [0.15, 0.2) is 24.3 Å². The molecule has 1 saturated heterocycles. The molecular formula is C14H19NO. The summed E-state index contributed by atoms with van der Waals surface area (Å²) in [6, 6.07) is 9.33. The fourth-order valence-corrected chi connectivity index (χ4v) is 2.30. The fourth-order valence-electron chi connectivity index (χ4n) is 2.30. The van der Waals surface area contributed by atoms with Gasteiger partial charge in [-0.2, -0.15) is 0 Å². The summed E-state index contributed by atoms with van der Waals surface area (Å²) in [6.45, 7) is 1.19. The second kappa shape index (κ2) is 4.46. The van der Waals surface area contributed by atoms with E-state index in [0.29, 0.717) is 12.1 Å². The summed E-state index contributed by atoms with van der Waals surface area (Å²) in [4.78, 5) is 0.